The number of methoxy groups -OCH3 is 1. The number of nitrogens with two attached hydrogens (primary N) is 1. The molecule has 0 aromatic heterocycles. The van der Waals surface area contributed by atoms with Crippen molar-refractivity contribution in [2.45, 2.75) is 0 Å². The molecule has 0 amide bonds. The summed E-state index contributed by atoms with van der Waals surface area (Å²) in [7, 11) is 1.50. The molecule has 6 heteroatoms. The second-order valence-electron chi connectivity index (χ2n) is 3.92. The largest absolute Gasteiger partial charge is 0.497 e. The summed E-state index contributed by atoms with van der Waals surface area (Å²) in [5, 5.41) is 9.54. The lowest BCUT2D eigenvalue weighted by molar-refractivity contribution is 0.409. The first-order valence-electron chi connectivity index (χ1n) is 5.55. The summed E-state index contributed by atoms with van der Waals surface area (Å²) in [5.41, 5.74) is 6.47. The molecule has 0 saturated heterocycles. The van der Waals surface area contributed by atoms with Gasteiger partial charge in [-0.1, -0.05) is 23.2 Å². The van der Waals surface area contributed by atoms with Crippen molar-refractivity contribution in [3.8, 4) is 23.3 Å². The van der Waals surface area contributed by atoms with Gasteiger partial charge in [0.1, 0.15) is 11.5 Å². The lowest BCUT2D eigenvalue weighted by atomic mass is 10.2. The Bertz CT molecular complexity index is 673. The van der Waals surface area contributed by atoms with Gasteiger partial charge >= 0.3 is 0 Å². The Labute approximate surface area is 126 Å². The number of ether oxygens (including phenoxy) is 2. The molecule has 2 aromatic carbocycles. The average Bonchev–Trinajstić information content (AvgIpc) is 2.42. The molecule has 2 N–H and O–H groups in total. The van der Waals surface area contributed by atoms with E-state index in [-0.39, 0.29) is 15.8 Å². The van der Waals surface area contributed by atoms with Crippen LogP contribution in [0.1, 0.15) is 5.56 Å². The van der Waals surface area contributed by atoms with Crippen LogP contribution in [0.4, 0.5) is 5.69 Å². The molecule has 0 unspecified atom stereocenters. The zero-order valence-electron chi connectivity index (χ0n) is 10.5. The quantitative estimate of drug-likeness (QED) is 0.861. The fraction of sp³-hybridized carbons (Fsp3) is 0.0714. The Morgan fingerprint density at radius 3 is 2.20 bits per heavy atom. The minimum atomic E-state index is 0.277. The predicted octanol–water partition coefficient (Wildman–Crippen LogP) is 4.25. The van der Waals surface area contributed by atoms with Crippen LogP contribution in [0, 0.1) is 11.3 Å². The highest BCUT2D eigenvalue weighted by Crippen LogP contribution is 2.39. The molecule has 0 spiro atoms. The Kier molecular flexibility index (Phi) is 4.23. The van der Waals surface area contributed by atoms with Gasteiger partial charge < -0.3 is 15.2 Å². The van der Waals surface area contributed by atoms with E-state index in [0.29, 0.717) is 22.7 Å². The number of rotatable bonds is 3. The summed E-state index contributed by atoms with van der Waals surface area (Å²) in [5.74, 6) is 1.18. The van der Waals surface area contributed by atoms with E-state index in [0.717, 1.165) is 0 Å². The third kappa shape index (κ3) is 3.08. The molecular formula is C14H10Cl2N2O2. The smallest absolute Gasteiger partial charge is 0.164 e. The maximum atomic E-state index is 8.96. The average molecular weight is 309 g/mol. The van der Waals surface area contributed by atoms with Gasteiger partial charge in [-0.3, -0.25) is 0 Å². The molecule has 0 radical (unpaired) electrons. The van der Waals surface area contributed by atoms with Crippen LogP contribution in [-0.4, -0.2) is 7.11 Å². The minimum Gasteiger partial charge on any atom is -0.497 e. The maximum Gasteiger partial charge on any atom is 0.164 e. The van der Waals surface area contributed by atoms with Crippen LogP contribution in [-0.2, 0) is 0 Å². The van der Waals surface area contributed by atoms with Crippen molar-refractivity contribution >= 4 is 28.9 Å². The minimum absolute atomic E-state index is 0.277. The van der Waals surface area contributed by atoms with E-state index in [1.54, 1.807) is 18.2 Å². The van der Waals surface area contributed by atoms with Crippen molar-refractivity contribution in [2.24, 2.45) is 0 Å². The van der Waals surface area contributed by atoms with Crippen molar-refractivity contribution in [1.82, 2.24) is 0 Å². The third-order valence-corrected chi connectivity index (χ3v) is 3.05. The fourth-order valence-electron chi connectivity index (χ4n) is 1.61. The van der Waals surface area contributed by atoms with E-state index < -0.39 is 0 Å². The molecule has 0 aliphatic carbocycles. The first kappa shape index (κ1) is 14.3. The van der Waals surface area contributed by atoms with Crippen molar-refractivity contribution in [3.05, 3.63) is 45.9 Å². The molecule has 0 bridgehead atoms. The van der Waals surface area contributed by atoms with E-state index in [4.69, 9.17) is 43.7 Å². The molecule has 0 saturated carbocycles. The molecular weight excluding hydrogens is 299 g/mol. The van der Waals surface area contributed by atoms with E-state index in [9.17, 15) is 0 Å². The lowest BCUT2D eigenvalue weighted by Crippen LogP contribution is -1.92. The van der Waals surface area contributed by atoms with Crippen LogP contribution in [0.3, 0.4) is 0 Å². The second kappa shape index (κ2) is 5.91. The highest BCUT2D eigenvalue weighted by atomic mass is 35.5. The number of hydrogen-bond donors (Lipinski definition) is 1. The first-order chi connectivity index (χ1) is 9.53. The summed E-state index contributed by atoms with van der Waals surface area (Å²) in [6.07, 6.45) is 0. The summed E-state index contributed by atoms with van der Waals surface area (Å²) in [6, 6.07) is 9.88. The molecule has 102 valence electrons. The van der Waals surface area contributed by atoms with Gasteiger partial charge in [0.15, 0.2) is 5.75 Å². The van der Waals surface area contributed by atoms with Crippen molar-refractivity contribution in [1.29, 1.82) is 5.26 Å². The van der Waals surface area contributed by atoms with Gasteiger partial charge in [-0.05, 0) is 24.3 Å². The summed E-state index contributed by atoms with van der Waals surface area (Å²) >= 11 is 12.1. The summed E-state index contributed by atoms with van der Waals surface area (Å²) < 4.78 is 10.7. The van der Waals surface area contributed by atoms with Gasteiger partial charge in [-0.25, -0.2) is 0 Å². The highest BCUT2D eigenvalue weighted by molar-refractivity contribution is 6.37. The second-order valence-corrected chi connectivity index (χ2v) is 4.74. The molecule has 0 aliphatic rings. The van der Waals surface area contributed by atoms with Crippen molar-refractivity contribution in [2.75, 3.05) is 12.8 Å². The fourth-order valence-corrected chi connectivity index (χ4v) is 2.19. The first-order valence-corrected chi connectivity index (χ1v) is 6.30. The van der Waals surface area contributed by atoms with E-state index in [1.165, 1.54) is 19.2 Å². The predicted molar refractivity (Wildman–Crippen MR) is 78.7 cm³/mol. The van der Waals surface area contributed by atoms with Gasteiger partial charge in [0.2, 0.25) is 0 Å². The third-order valence-electron chi connectivity index (χ3n) is 2.49. The van der Waals surface area contributed by atoms with E-state index in [2.05, 4.69) is 0 Å². The van der Waals surface area contributed by atoms with Gasteiger partial charge in [-0.2, -0.15) is 5.26 Å². The molecule has 20 heavy (non-hydrogen) atoms. The number of anilines is 1. The number of nitriles is 1. The Morgan fingerprint density at radius 1 is 1.05 bits per heavy atom. The molecule has 0 fully saturated rings. The number of benzene rings is 2. The van der Waals surface area contributed by atoms with E-state index >= 15 is 0 Å². The molecule has 0 atom stereocenters. The van der Waals surface area contributed by atoms with Crippen LogP contribution in [0.5, 0.6) is 17.2 Å². The lowest BCUT2D eigenvalue weighted by Gasteiger charge is -2.11. The molecule has 2 aromatic rings. The van der Waals surface area contributed by atoms with Crippen molar-refractivity contribution in [3.63, 3.8) is 0 Å². The number of hydrogen-bond acceptors (Lipinski definition) is 4. The van der Waals surface area contributed by atoms with Crippen molar-refractivity contribution < 1.29 is 9.47 Å². The summed E-state index contributed by atoms with van der Waals surface area (Å²) in [4.78, 5) is 0. The normalized spacial score (nSPS) is 9.90. The van der Waals surface area contributed by atoms with Crippen LogP contribution in [0.2, 0.25) is 10.0 Å². The zero-order valence-corrected chi connectivity index (χ0v) is 12.0. The van der Waals surface area contributed by atoms with Gasteiger partial charge in [0.25, 0.3) is 0 Å². The van der Waals surface area contributed by atoms with Gasteiger partial charge in [0, 0.05) is 11.8 Å². The number of nitrogens with zero attached hydrogens (tertiary/aromatic N) is 1. The molecule has 4 nitrogen and oxygen atoms in total. The topological polar surface area (TPSA) is 68.3 Å². The van der Waals surface area contributed by atoms with Crippen LogP contribution >= 0.6 is 23.2 Å². The number of halogens is 2. The number of nitrogen functional groups attached to an aromatic ring is 1. The molecule has 2 rings (SSSR count). The Morgan fingerprint density at radius 2 is 1.65 bits per heavy atom. The summed E-state index contributed by atoms with van der Waals surface area (Å²) in [6.45, 7) is 0. The van der Waals surface area contributed by atoms with Gasteiger partial charge in [0.05, 0.1) is 28.8 Å². The standard InChI is InChI=1S/C14H10Cl2N2O2/c1-19-10-2-8(7-17)3-11(6-10)20-14-12(15)4-9(18)5-13(14)16/h2-6H,18H2,1H3. The molecule has 0 heterocycles. The maximum absolute atomic E-state index is 8.96. The van der Waals surface area contributed by atoms with Crippen LogP contribution in [0.25, 0.3) is 0 Å². The Hall–Kier alpha value is -2.09. The zero-order chi connectivity index (χ0) is 14.7. The molecule has 0 aliphatic heterocycles. The van der Waals surface area contributed by atoms with Crippen LogP contribution in [0.15, 0.2) is 30.3 Å². The highest BCUT2D eigenvalue weighted by Gasteiger charge is 2.11. The van der Waals surface area contributed by atoms with E-state index in [1.807, 2.05) is 6.07 Å². The van der Waals surface area contributed by atoms with Gasteiger partial charge in [-0.15, -0.1) is 0 Å². The Balaban J connectivity index is 2.42. The monoisotopic (exact) mass is 308 g/mol. The SMILES string of the molecule is COc1cc(C#N)cc(Oc2c(Cl)cc(N)cc2Cl)c1. The van der Waals surface area contributed by atoms with Crippen LogP contribution < -0.4 is 15.2 Å².